The van der Waals surface area contributed by atoms with Crippen LogP contribution in [0.3, 0.4) is 0 Å². The molecule has 3 N–H and O–H groups in total. The summed E-state index contributed by atoms with van der Waals surface area (Å²) in [5, 5.41) is 1.75. The van der Waals surface area contributed by atoms with Gasteiger partial charge in [-0.3, -0.25) is 14.4 Å². The molecule has 1 aromatic rings. The maximum absolute atomic E-state index is 12.8. The van der Waals surface area contributed by atoms with E-state index in [2.05, 4.69) is 5.32 Å². The fraction of sp³-hybridized carbons (Fsp3) is 0.471. The second-order valence-electron chi connectivity index (χ2n) is 6.57. The molecule has 10 heteroatoms. The number of benzene rings is 1. The Labute approximate surface area is 157 Å². The number of hydrogen-bond acceptors (Lipinski definition) is 4. The highest BCUT2D eigenvalue weighted by Crippen LogP contribution is 2.40. The van der Waals surface area contributed by atoms with Gasteiger partial charge in [-0.2, -0.15) is 13.2 Å². The third kappa shape index (κ3) is 4.37. The number of piperidine rings is 1. The average molecular weight is 401 g/mol. The van der Waals surface area contributed by atoms with Gasteiger partial charge in [-0.05, 0) is 31.0 Å². The molecule has 1 aromatic carbocycles. The molecule has 3 rings (SSSR count). The Balaban J connectivity index is 1.63. The van der Waals surface area contributed by atoms with Crippen LogP contribution in [0.15, 0.2) is 23.1 Å². The van der Waals surface area contributed by atoms with E-state index in [1.807, 2.05) is 0 Å². The van der Waals surface area contributed by atoms with Crippen LogP contribution in [-0.4, -0.2) is 41.0 Å². The first-order chi connectivity index (χ1) is 12.6. The third-order valence-electron chi connectivity index (χ3n) is 4.74. The summed E-state index contributed by atoms with van der Waals surface area (Å²) >= 11 is 1.08. The number of nitrogens with one attached hydrogen (secondary N) is 1. The number of primary amides is 1. The van der Waals surface area contributed by atoms with Crippen molar-refractivity contribution in [3.05, 3.63) is 23.8 Å². The number of carbonyl (C=O) groups is 3. The number of thioether (sulfide) groups is 1. The van der Waals surface area contributed by atoms with Crippen LogP contribution < -0.4 is 11.1 Å². The zero-order valence-electron chi connectivity index (χ0n) is 14.2. The lowest BCUT2D eigenvalue weighted by Crippen LogP contribution is -2.43. The number of alkyl halides is 3. The second kappa shape index (κ2) is 7.41. The van der Waals surface area contributed by atoms with Crippen molar-refractivity contribution in [3.63, 3.8) is 0 Å². The van der Waals surface area contributed by atoms with E-state index in [1.165, 1.54) is 6.07 Å². The first-order valence-corrected chi connectivity index (χ1v) is 9.29. The number of rotatable bonds is 3. The SMILES string of the molecule is NC(=O)C1CCN(C(=O)CC2Sc3ccc(C(F)(F)F)cc3NC2=O)CC1. The van der Waals surface area contributed by atoms with Crippen molar-refractivity contribution >= 4 is 35.2 Å². The second-order valence-corrected chi connectivity index (χ2v) is 7.81. The van der Waals surface area contributed by atoms with Crippen LogP contribution in [0.2, 0.25) is 0 Å². The van der Waals surface area contributed by atoms with E-state index in [9.17, 15) is 27.6 Å². The molecule has 1 fully saturated rings. The summed E-state index contributed by atoms with van der Waals surface area (Å²) < 4.78 is 38.4. The summed E-state index contributed by atoms with van der Waals surface area (Å²) in [7, 11) is 0. The summed E-state index contributed by atoms with van der Waals surface area (Å²) in [5.41, 5.74) is 4.53. The lowest BCUT2D eigenvalue weighted by Gasteiger charge is -2.32. The summed E-state index contributed by atoms with van der Waals surface area (Å²) in [4.78, 5) is 38.0. The van der Waals surface area contributed by atoms with E-state index >= 15 is 0 Å². The summed E-state index contributed by atoms with van der Waals surface area (Å²) in [6, 6.07) is 3.15. The van der Waals surface area contributed by atoms with Crippen LogP contribution in [-0.2, 0) is 20.6 Å². The highest BCUT2D eigenvalue weighted by atomic mass is 32.2. The number of fused-ring (bicyclic) bond motifs is 1. The molecule has 2 aliphatic rings. The Bertz CT molecular complexity index is 776. The van der Waals surface area contributed by atoms with E-state index in [-0.39, 0.29) is 29.8 Å². The lowest BCUT2D eigenvalue weighted by atomic mass is 9.96. The summed E-state index contributed by atoms with van der Waals surface area (Å²) in [5.74, 6) is -1.33. The number of nitrogens with zero attached hydrogens (tertiary/aromatic N) is 1. The van der Waals surface area contributed by atoms with Crippen molar-refractivity contribution in [1.29, 1.82) is 0 Å². The Morgan fingerprint density at radius 3 is 2.52 bits per heavy atom. The van der Waals surface area contributed by atoms with Gasteiger partial charge in [-0.15, -0.1) is 11.8 Å². The van der Waals surface area contributed by atoms with Gasteiger partial charge in [0.15, 0.2) is 0 Å². The topological polar surface area (TPSA) is 92.5 Å². The van der Waals surface area contributed by atoms with E-state index in [0.717, 1.165) is 23.9 Å². The van der Waals surface area contributed by atoms with Crippen LogP contribution in [0.5, 0.6) is 0 Å². The molecule has 0 saturated carbocycles. The van der Waals surface area contributed by atoms with Crippen LogP contribution in [0.25, 0.3) is 0 Å². The molecule has 2 aliphatic heterocycles. The fourth-order valence-corrected chi connectivity index (χ4v) is 4.24. The highest BCUT2D eigenvalue weighted by molar-refractivity contribution is 8.01. The number of hydrogen-bond donors (Lipinski definition) is 2. The number of amides is 3. The molecule has 2 heterocycles. The first kappa shape index (κ1) is 19.5. The zero-order chi connectivity index (χ0) is 19.8. The van der Waals surface area contributed by atoms with Crippen molar-refractivity contribution in [2.24, 2.45) is 11.7 Å². The molecule has 0 bridgehead atoms. The molecule has 0 spiro atoms. The van der Waals surface area contributed by atoms with E-state index < -0.39 is 22.9 Å². The Morgan fingerprint density at radius 1 is 1.26 bits per heavy atom. The Kier molecular flexibility index (Phi) is 5.36. The predicted molar refractivity (Wildman–Crippen MR) is 92.8 cm³/mol. The molecule has 6 nitrogen and oxygen atoms in total. The van der Waals surface area contributed by atoms with E-state index in [4.69, 9.17) is 5.73 Å². The molecular formula is C17H18F3N3O3S. The number of halogens is 3. The summed E-state index contributed by atoms with van der Waals surface area (Å²) in [6.45, 7) is 0.800. The minimum atomic E-state index is -4.49. The molecule has 0 aliphatic carbocycles. The number of nitrogens with two attached hydrogens (primary N) is 1. The van der Waals surface area contributed by atoms with Gasteiger partial charge in [0, 0.05) is 30.3 Å². The lowest BCUT2D eigenvalue weighted by molar-refractivity contribution is -0.137. The minimum absolute atomic E-state index is 0.0573. The predicted octanol–water partition coefficient (Wildman–Crippen LogP) is 2.23. The number of carbonyl (C=O) groups excluding carboxylic acids is 3. The first-order valence-electron chi connectivity index (χ1n) is 8.41. The molecule has 1 atom stereocenters. The molecular weight excluding hydrogens is 383 g/mol. The van der Waals surface area contributed by atoms with Gasteiger partial charge < -0.3 is 16.0 Å². The van der Waals surface area contributed by atoms with Crippen LogP contribution >= 0.6 is 11.8 Å². The van der Waals surface area contributed by atoms with Gasteiger partial charge in [-0.25, -0.2) is 0 Å². The zero-order valence-corrected chi connectivity index (χ0v) is 15.0. The molecule has 3 amide bonds. The molecule has 1 unspecified atom stereocenters. The standard InChI is InChI=1S/C17H18F3N3O3S/c18-17(19,20)10-1-2-12-11(7-10)22-16(26)13(27-12)8-14(24)23-5-3-9(4-6-23)15(21)25/h1-2,7,9,13H,3-6,8H2,(H2,21,25)(H,22,26). The van der Waals surface area contributed by atoms with E-state index in [0.29, 0.717) is 30.8 Å². The van der Waals surface area contributed by atoms with Crippen molar-refractivity contribution in [2.45, 2.75) is 35.6 Å². The monoisotopic (exact) mass is 401 g/mol. The number of anilines is 1. The molecule has 0 aromatic heterocycles. The largest absolute Gasteiger partial charge is 0.416 e. The van der Waals surface area contributed by atoms with Crippen molar-refractivity contribution < 1.29 is 27.6 Å². The van der Waals surface area contributed by atoms with Gasteiger partial charge in [0.1, 0.15) is 0 Å². The van der Waals surface area contributed by atoms with Crippen molar-refractivity contribution in [2.75, 3.05) is 18.4 Å². The summed E-state index contributed by atoms with van der Waals surface area (Å²) in [6.07, 6.45) is -3.56. The van der Waals surface area contributed by atoms with Crippen LogP contribution in [0, 0.1) is 5.92 Å². The van der Waals surface area contributed by atoms with Gasteiger partial charge in [0.2, 0.25) is 17.7 Å². The Hall–Kier alpha value is -2.23. The molecule has 0 radical (unpaired) electrons. The van der Waals surface area contributed by atoms with Crippen molar-refractivity contribution in [1.82, 2.24) is 4.90 Å². The molecule has 146 valence electrons. The van der Waals surface area contributed by atoms with Crippen LogP contribution in [0.1, 0.15) is 24.8 Å². The smallest absolute Gasteiger partial charge is 0.369 e. The molecule has 1 saturated heterocycles. The quantitative estimate of drug-likeness (QED) is 0.813. The van der Waals surface area contributed by atoms with Gasteiger partial charge in [0.25, 0.3) is 0 Å². The third-order valence-corrected chi connectivity index (χ3v) is 6.01. The highest BCUT2D eigenvalue weighted by Gasteiger charge is 2.35. The van der Waals surface area contributed by atoms with Gasteiger partial charge in [-0.1, -0.05) is 0 Å². The maximum atomic E-state index is 12.8. The number of likely N-dealkylation sites (tertiary alicyclic amines) is 1. The van der Waals surface area contributed by atoms with Gasteiger partial charge >= 0.3 is 6.18 Å². The normalized spacial score (nSPS) is 20.8. The van der Waals surface area contributed by atoms with Crippen LogP contribution in [0.4, 0.5) is 18.9 Å². The van der Waals surface area contributed by atoms with Gasteiger partial charge in [0.05, 0.1) is 16.5 Å². The maximum Gasteiger partial charge on any atom is 0.416 e. The average Bonchev–Trinajstić information content (AvgIpc) is 2.61. The Morgan fingerprint density at radius 2 is 1.93 bits per heavy atom. The molecule has 27 heavy (non-hydrogen) atoms. The van der Waals surface area contributed by atoms with Crippen molar-refractivity contribution in [3.8, 4) is 0 Å². The minimum Gasteiger partial charge on any atom is -0.369 e. The fourth-order valence-electron chi connectivity index (χ4n) is 3.16. The van der Waals surface area contributed by atoms with E-state index in [1.54, 1.807) is 4.90 Å².